The summed E-state index contributed by atoms with van der Waals surface area (Å²) in [6.07, 6.45) is 13.8. The molecule has 0 radical (unpaired) electrons. The minimum absolute atomic E-state index is 0.159. The van der Waals surface area contributed by atoms with E-state index >= 15 is 0 Å². The predicted octanol–water partition coefficient (Wildman–Crippen LogP) is 4.83. The minimum Gasteiger partial charge on any atom is -0.353 e. The van der Waals surface area contributed by atoms with Crippen LogP contribution >= 0.6 is 11.6 Å². The molecular weight excluding hydrogens is 420 g/mol. The number of hydrogen-bond donors (Lipinski definition) is 1. The molecule has 1 aliphatic heterocycles. The van der Waals surface area contributed by atoms with Gasteiger partial charge in [-0.2, -0.15) is 0 Å². The molecule has 1 amide bonds. The number of nitrogens with zero attached hydrogens (tertiary/aromatic N) is 3. The fourth-order valence-electron chi connectivity index (χ4n) is 5.26. The number of hydrogen-bond acceptors (Lipinski definition) is 4. The molecule has 2 aromatic rings. The van der Waals surface area contributed by atoms with Gasteiger partial charge in [0.1, 0.15) is 0 Å². The lowest BCUT2D eigenvalue weighted by molar-refractivity contribution is -0.120. The van der Waals surface area contributed by atoms with Crippen molar-refractivity contribution in [1.82, 2.24) is 15.3 Å². The average Bonchev–Trinajstić information content (AvgIpc) is 3.73. The topological polar surface area (TPSA) is 58.1 Å². The average molecular weight is 453 g/mol. The van der Waals surface area contributed by atoms with Crippen LogP contribution < -0.4 is 10.2 Å². The fraction of sp³-hybridized carbons (Fsp3) is 0.577. The second-order valence-corrected chi connectivity index (χ2v) is 10.3. The van der Waals surface area contributed by atoms with Crippen molar-refractivity contribution >= 4 is 23.5 Å². The van der Waals surface area contributed by atoms with Gasteiger partial charge in [0.05, 0.1) is 23.8 Å². The summed E-state index contributed by atoms with van der Waals surface area (Å²) in [5, 5.41) is 3.66. The molecule has 0 bridgehead atoms. The Kier molecular flexibility index (Phi) is 6.63. The number of rotatable bonds is 9. The van der Waals surface area contributed by atoms with Crippen molar-refractivity contribution in [2.24, 2.45) is 17.8 Å². The number of anilines is 1. The van der Waals surface area contributed by atoms with Gasteiger partial charge in [0, 0.05) is 19.1 Å². The first-order valence-electron chi connectivity index (χ1n) is 12.2. The summed E-state index contributed by atoms with van der Waals surface area (Å²) in [7, 11) is 0. The third-order valence-corrected chi connectivity index (χ3v) is 7.58. The van der Waals surface area contributed by atoms with Crippen LogP contribution in [-0.4, -0.2) is 35.0 Å². The van der Waals surface area contributed by atoms with Gasteiger partial charge in [0.15, 0.2) is 0 Å². The van der Waals surface area contributed by atoms with Crippen molar-refractivity contribution in [1.29, 1.82) is 0 Å². The van der Waals surface area contributed by atoms with E-state index in [1.54, 1.807) is 12.4 Å². The van der Waals surface area contributed by atoms with E-state index in [9.17, 15) is 4.79 Å². The second-order valence-electron chi connectivity index (χ2n) is 9.91. The number of benzene rings is 1. The summed E-state index contributed by atoms with van der Waals surface area (Å²) >= 11 is 5.90. The molecular formula is C26H33ClN4O. The molecule has 1 aromatic heterocycles. The smallest absolute Gasteiger partial charge is 0.225 e. The molecule has 1 N–H and O–H groups in total. The molecule has 1 aromatic carbocycles. The fourth-order valence-corrected chi connectivity index (χ4v) is 5.36. The second kappa shape index (κ2) is 9.78. The number of aromatic nitrogens is 2. The Hall–Kier alpha value is -2.14. The molecule has 5 rings (SSSR count). The van der Waals surface area contributed by atoms with Crippen molar-refractivity contribution < 1.29 is 4.79 Å². The zero-order chi connectivity index (χ0) is 21.9. The van der Waals surface area contributed by atoms with Gasteiger partial charge in [-0.1, -0.05) is 35.9 Å². The summed E-state index contributed by atoms with van der Waals surface area (Å²) < 4.78 is 0. The Morgan fingerprint density at radius 1 is 1.03 bits per heavy atom. The zero-order valence-electron chi connectivity index (χ0n) is 18.7. The third-order valence-electron chi connectivity index (χ3n) is 7.38. The SMILES string of the molecule is O=C(Cc1ccc(CCCC2C[C@@H]2C2CCN(c3ncc(Cl)cn3)CC2)cc1)NC1CC1. The number of halogens is 1. The van der Waals surface area contributed by atoms with Crippen molar-refractivity contribution in [2.45, 2.75) is 63.8 Å². The first kappa shape index (κ1) is 21.7. The van der Waals surface area contributed by atoms with Crippen LogP contribution in [0.4, 0.5) is 5.95 Å². The van der Waals surface area contributed by atoms with Crippen molar-refractivity contribution in [3.05, 3.63) is 52.8 Å². The number of carbonyl (C=O) groups is 1. The summed E-state index contributed by atoms with van der Waals surface area (Å²) in [6, 6.07) is 9.11. The quantitative estimate of drug-likeness (QED) is 0.592. The summed E-state index contributed by atoms with van der Waals surface area (Å²) in [4.78, 5) is 23.0. The Morgan fingerprint density at radius 2 is 1.72 bits per heavy atom. The molecule has 2 aliphatic carbocycles. The molecule has 2 saturated carbocycles. The van der Waals surface area contributed by atoms with Gasteiger partial charge in [0.25, 0.3) is 0 Å². The lowest BCUT2D eigenvalue weighted by Gasteiger charge is -2.32. The van der Waals surface area contributed by atoms with Crippen LogP contribution in [-0.2, 0) is 17.6 Å². The van der Waals surface area contributed by atoms with E-state index < -0.39 is 0 Å². The highest BCUT2D eigenvalue weighted by Gasteiger charge is 2.42. The number of piperidine rings is 1. The lowest BCUT2D eigenvalue weighted by atomic mass is 9.90. The molecule has 1 unspecified atom stereocenters. The van der Waals surface area contributed by atoms with Crippen LogP contribution in [0.25, 0.3) is 0 Å². The molecule has 1 saturated heterocycles. The maximum atomic E-state index is 11.9. The Morgan fingerprint density at radius 3 is 2.41 bits per heavy atom. The molecule has 2 atom stereocenters. The lowest BCUT2D eigenvalue weighted by Crippen LogP contribution is -2.35. The van der Waals surface area contributed by atoms with E-state index in [2.05, 4.69) is 44.5 Å². The molecule has 5 nitrogen and oxygen atoms in total. The largest absolute Gasteiger partial charge is 0.353 e. The van der Waals surface area contributed by atoms with Gasteiger partial charge in [-0.25, -0.2) is 9.97 Å². The number of amides is 1. The van der Waals surface area contributed by atoms with E-state index in [1.165, 1.54) is 37.7 Å². The monoisotopic (exact) mass is 452 g/mol. The van der Waals surface area contributed by atoms with Crippen molar-refractivity contribution in [3.63, 3.8) is 0 Å². The van der Waals surface area contributed by atoms with Crippen LogP contribution in [0.2, 0.25) is 5.02 Å². The van der Waals surface area contributed by atoms with E-state index in [1.807, 2.05) is 0 Å². The van der Waals surface area contributed by atoms with Gasteiger partial charge in [-0.15, -0.1) is 0 Å². The van der Waals surface area contributed by atoms with Gasteiger partial charge >= 0.3 is 0 Å². The normalized spacial score (nSPS) is 23.2. The highest BCUT2D eigenvalue weighted by atomic mass is 35.5. The number of aryl methyl sites for hydroxylation is 1. The molecule has 32 heavy (non-hydrogen) atoms. The molecule has 2 heterocycles. The Balaban J connectivity index is 0.990. The van der Waals surface area contributed by atoms with Crippen LogP contribution in [0.3, 0.4) is 0 Å². The van der Waals surface area contributed by atoms with Crippen molar-refractivity contribution in [2.75, 3.05) is 18.0 Å². The van der Waals surface area contributed by atoms with Crippen LogP contribution in [0.1, 0.15) is 56.1 Å². The molecule has 6 heteroatoms. The molecule has 3 aliphatic rings. The standard InChI is InChI=1S/C26H33ClN4O/c27-22-16-28-26(29-17-22)31-12-10-20(11-13-31)24-15-21(24)3-1-2-18-4-6-19(7-5-18)14-25(32)30-23-8-9-23/h4-7,16-17,20-21,23-24H,1-3,8-15H2,(H,30,32)/t21?,24-/m1/s1. The summed E-state index contributed by atoms with van der Waals surface area (Å²) in [6.45, 7) is 2.11. The number of carbonyl (C=O) groups excluding carboxylic acids is 1. The van der Waals surface area contributed by atoms with Crippen LogP contribution in [0.5, 0.6) is 0 Å². The maximum Gasteiger partial charge on any atom is 0.225 e. The molecule has 3 fully saturated rings. The molecule has 0 spiro atoms. The van der Waals surface area contributed by atoms with Gasteiger partial charge in [0.2, 0.25) is 11.9 Å². The van der Waals surface area contributed by atoms with Gasteiger partial charge in [-0.3, -0.25) is 4.79 Å². The highest BCUT2D eigenvalue weighted by Crippen LogP contribution is 2.50. The van der Waals surface area contributed by atoms with Crippen LogP contribution in [0, 0.1) is 17.8 Å². The predicted molar refractivity (Wildman–Crippen MR) is 128 cm³/mol. The zero-order valence-corrected chi connectivity index (χ0v) is 19.4. The number of nitrogens with one attached hydrogen (secondary N) is 1. The van der Waals surface area contributed by atoms with E-state index in [4.69, 9.17) is 11.6 Å². The van der Waals surface area contributed by atoms with Gasteiger partial charge < -0.3 is 10.2 Å². The van der Waals surface area contributed by atoms with Crippen LogP contribution in [0.15, 0.2) is 36.7 Å². The first-order chi connectivity index (χ1) is 15.6. The summed E-state index contributed by atoms with van der Waals surface area (Å²) in [5.41, 5.74) is 2.51. The van der Waals surface area contributed by atoms with Crippen molar-refractivity contribution in [3.8, 4) is 0 Å². The third kappa shape index (κ3) is 5.80. The van der Waals surface area contributed by atoms with E-state index in [0.717, 1.165) is 61.6 Å². The van der Waals surface area contributed by atoms with E-state index in [-0.39, 0.29) is 5.91 Å². The highest BCUT2D eigenvalue weighted by molar-refractivity contribution is 6.30. The first-order valence-corrected chi connectivity index (χ1v) is 12.6. The maximum absolute atomic E-state index is 11.9. The summed E-state index contributed by atoms with van der Waals surface area (Å²) in [5.74, 6) is 3.69. The minimum atomic E-state index is 0.159. The Bertz CT molecular complexity index is 904. The molecule has 170 valence electrons. The van der Waals surface area contributed by atoms with Gasteiger partial charge in [-0.05, 0) is 80.2 Å². The van der Waals surface area contributed by atoms with E-state index in [0.29, 0.717) is 17.5 Å². The Labute approximate surface area is 196 Å².